The molecule has 0 aromatic heterocycles. The van der Waals surface area contributed by atoms with Crippen molar-refractivity contribution in [3.8, 4) is 0 Å². The van der Waals surface area contributed by atoms with E-state index in [-0.39, 0.29) is 12.6 Å². The van der Waals surface area contributed by atoms with Crippen LogP contribution in [0.4, 0.5) is 0 Å². The molecule has 0 fully saturated rings. The minimum atomic E-state index is -0.482. The molecular formula is C20H26N2O5S. The van der Waals surface area contributed by atoms with Crippen LogP contribution in [-0.4, -0.2) is 55.4 Å². The van der Waals surface area contributed by atoms with Gasteiger partial charge in [0.25, 0.3) is 0 Å². The molecule has 28 heavy (non-hydrogen) atoms. The molecule has 1 aliphatic rings. The lowest BCUT2D eigenvalue weighted by Crippen LogP contribution is -2.52. The van der Waals surface area contributed by atoms with E-state index in [0.29, 0.717) is 28.6 Å². The molecule has 0 spiro atoms. The van der Waals surface area contributed by atoms with Crippen LogP contribution in [0.5, 0.6) is 0 Å². The van der Waals surface area contributed by atoms with Crippen LogP contribution >= 0.6 is 12.2 Å². The highest BCUT2D eigenvalue weighted by Gasteiger charge is 2.36. The van der Waals surface area contributed by atoms with Crippen molar-refractivity contribution in [3.63, 3.8) is 0 Å². The lowest BCUT2D eigenvalue weighted by Gasteiger charge is -2.40. The largest absolute Gasteiger partial charge is 0.465 e. The topological polar surface area (TPSA) is 77.1 Å². The van der Waals surface area contributed by atoms with Crippen LogP contribution in [0.3, 0.4) is 0 Å². The second-order valence-corrected chi connectivity index (χ2v) is 6.78. The molecule has 1 N–H and O–H groups in total. The number of hydrogen-bond acceptors (Lipinski definition) is 6. The molecule has 1 aromatic rings. The average molecular weight is 407 g/mol. The van der Waals surface area contributed by atoms with Gasteiger partial charge in [-0.3, -0.25) is 0 Å². The van der Waals surface area contributed by atoms with Crippen molar-refractivity contribution < 1.29 is 23.8 Å². The summed E-state index contributed by atoms with van der Waals surface area (Å²) in [5, 5.41) is 3.73. The SMILES string of the molecule is CCOC(=O)C1=C(C)N([C@@H](C)COC)C(=S)N[C@@H]1c1ccc(C(=O)OC)cc1. The van der Waals surface area contributed by atoms with Crippen LogP contribution in [0.2, 0.25) is 0 Å². The van der Waals surface area contributed by atoms with Gasteiger partial charge in [0, 0.05) is 12.8 Å². The predicted molar refractivity (Wildman–Crippen MR) is 109 cm³/mol. The normalized spacial score (nSPS) is 17.8. The fraction of sp³-hybridized carbons (Fsp3) is 0.450. The third kappa shape index (κ3) is 4.51. The fourth-order valence-corrected chi connectivity index (χ4v) is 3.69. The summed E-state index contributed by atoms with van der Waals surface area (Å²) in [5.41, 5.74) is 2.41. The number of nitrogens with one attached hydrogen (secondary N) is 1. The molecule has 1 heterocycles. The van der Waals surface area contributed by atoms with E-state index in [4.69, 9.17) is 26.4 Å². The van der Waals surface area contributed by atoms with Gasteiger partial charge in [-0.1, -0.05) is 12.1 Å². The molecule has 7 nitrogen and oxygen atoms in total. The highest BCUT2D eigenvalue weighted by atomic mass is 32.1. The number of nitrogens with zero attached hydrogens (tertiary/aromatic N) is 1. The smallest absolute Gasteiger partial charge is 0.338 e. The Kier molecular flexibility index (Phi) is 7.53. The Hall–Kier alpha value is -2.45. The first-order valence-corrected chi connectivity index (χ1v) is 9.41. The van der Waals surface area contributed by atoms with Crippen molar-refractivity contribution in [3.05, 3.63) is 46.7 Å². The molecule has 0 amide bonds. The molecule has 0 saturated carbocycles. The molecule has 0 saturated heterocycles. The van der Waals surface area contributed by atoms with Crippen LogP contribution in [0.1, 0.15) is 42.7 Å². The molecule has 0 bridgehead atoms. The second kappa shape index (κ2) is 9.66. The summed E-state index contributed by atoms with van der Waals surface area (Å²) in [6.45, 7) is 6.30. The van der Waals surface area contributed by atoms with Gasteiger partial charge in [-0.15, -0.1) is 0 Å². The number of allylic oxidation sites excluding steroid dienone is 1. The van der Waals surface area contributed by atoms with Gasteiger partial charge in [-0.25, -0.2) is 9.59 Å². The first kappa shape index (κ1) is 21.8. The van der Waals surface area contributed by atoms with Crippen LogP contribution in [-0.2, 0) is 19.0 Å². The monoisotopic (exact) mass is 406 g/mol. The third-order valence-corrected chi connectivity index (χ3v) is 4.85. The zero-order chi connectivity index (χ0) is 20.8. The summed E-state index contributed by atoms with van der Waals surface area (Å²) in [5.74, 6) is -0.831. The van der Waals surface area contributed by atoms with Gasteiger partial charge in [-0.05, 0) is 50.7 Å². The standard InChI is InChI=1S/C20H26N2O5S/c1-6-27-19(24)16-13(3)22(12(2)11-25-4)20(28)21-17(16)14-7-9-15(10-8-14)18(23)26-5/h7-10,12,17H,6,11H2,1-5H3,(H,21,28)/t12-,17+/m0/s1. The highest BCUT2D eigenvalue weighted by molar-refractivity contribution is 7.80. The summed E-state index contributed by atoms with van der Waals surface area (Å²) in [4.78, 5) is 26.3. The van der Waals surface area contributed by atoms with Crippen molar-refractivity contribution in [2.24, 2.45) is 0 Å². The number of ether oxygens (including phenoxy) is 3. The number of carbonyl (C=O) groups is 2. The van der Waals surface area contributed by atoms with E-state index in [0.717, 1.165) is 5.56 Å². The fourth-order valence-electron chi connectivity index (χ4n) is 3.26. The van der Waals surface area contributed by atoms with Gasteiger partial charge in [0.05, 0.1) is 43.5 Å². The van der Waals surface area contributed by atoms with E-state index < -0.39 is 18.0 Å². The van der Waals surface area contributed by atoms with E-state index in [1.165, 1.54) is 7.11 Å². The maximum atomic E-state index is 12.8. The van der Waals surface area contributed by atoms with Gasteiger partial charge in [0.1, 0.15) is 0 Å². The zero-order valence-electron chi connectivity index (χ0n) is 16.8. The molecule has 0 radical (unpaired) electrons. The molecule has 2 atom stereocenters. The molecule has 0 unspecified atom stereocenters. The van der Waals surface area contributed by atoms with Crippen LogP contribution in [0.15, 0.2) is 35.5 Å². The van der Waals surface area contributed by atoms with E-state index in [2.05, 4.69) is 5.32 Å². The molecule has 1 aliphatic heterocycles. The Balaban J connectivity index is 2.48. The summed E-state index contributed by atoms with van der Waals surface area (Å²) in [6.07, 6.45) is 0. The Morgan fingerprint density at radius 2 is 1.86 bits per heavy atom. The lowest BCUT2D eigenvalue weighted by molar-refractivity contribution is -0.139. The van der Waals surface area contributed by atoms with Crippen molar-refractivity contribution >= 4 is 29.3 Å². The average Bonchev–Trinajstić information content (AvgIpc) is 2.67. The van der Waals surface area contributed by atoms with E-state index in [1.807, 2.05) is 18.7 Å². The Morgan fingerprint density at radius 1 is 1.21 bits per heavy atom. The number of esters is 2. The number of benzene rings is 1. The van der Waals surface area contributed by atoms with Crippen molar-refractivity contribution in [2.45, 2.75) is 32.9 Å². The number of carbonyl (C=O) groups excluding carboxylic acids is 2. The van der Waals surface area contributed by atoms with Gasteiger partial charge < -0.3 is 24.4 Å². The Labute approximate surface area is 170 Å². The van der Waals surface area contributed by atoms with Gasteiger partial charge in [-0.2, -0.15) is 0 Å². The summed E-state index contributed by atoms with van der Waals surface area (Å²) in [6, 6.07) is 6.32. The molecule has 2 rings (SSSR count). The van der Waals surface area contributed by atoms with Crippen molar-refractivity contribution in [1.82, 2.24) is 10.2 Å². The van der Waals surface area contributed by atoms with Gasteiger partial charge >= 0.3 is 11.9 Å². The van der Waals surface area contributed by atoms with Crippen LogP contribution in [0.25, 0.3) is 0 Å². The van der Waals surface area contributed by atoms with E-state index in [9.17, 15) is 9.59 Å². The number of methoxy groups -OCH3 is 2. The van der Waals surface area contributed by atoms with E-state index >= 15 is 0 Å². The van der Waals surface area contributed by atoms with Gasteiger partial charge in [0.2, 0.25) is 0 Å². The second-order valence-electron chi connectivity index (χ2n) is 6.39. The number of rotatable bonds is 7. The predicted octanol–water partition coefficient (Wildman–Crippen LogP) is 2.58. The Morgan fingerprint density at radius 3 is 2.39 bits per heavy atom. The minimum absolute atomic E-state index is 0.0583. The van der Waals surface area contributed by atoms with E-state index in [1.54, 1.807) is 38.3 Å². The molecule has 152 valence electrons. The number of thiocarbonyl (C=S) groups is 1. The highest BCUT2D eigenvalue weighted by Crippen LogP contribution is 2.32. The summed E-state index contributed by atoms with van der Waals surface area (Å²) < 4.78 is 15.3. The summed E-state index contributed by atoms with van der Waals surface area (Å²) >= 11 is 5.56. The first-order valence-electron chi connectivity index (χ1n) is 9.00. The Bertz CT molecular complexity index is 775. The molecule has 0 aliphatic carbocycles. The maximum Gasteiger partial charge on any atom is 0.338 e. The first-order chi connectivity index (χ1) is 13.3. The molecular weight excluding hydrogens is 380 g/mol. The maximum absolute atomic E-state index is 12.8. The van der Waals surface area contributed by atoms with Gasteiger partial charge in [0.15, 0.2) is 5.11 Å². The molecule has 1 aromatic carbocycles. The van der Waals surface area contributed by atoms with Crippen LogP contribution < -0.4 is 5.32 Å². The number of hydrogen-bond donors (Lipinski definition) is 1. The molecule has 8 heteroatoms. The summed E-state index contributed by atoms with van der Waals surface area (Å²) in [7, 11) is 2.95. The minimum Gasteiger partial charge on any atom is -0.465 e. The zero-order valence-corrected chi connectivity index (χ0v) is 17.6. The quantitative estimate of drug-likeness (QED) is 0.547. The van der Waals surface area contributed by atoms with Crippen molar-refractivity contribution in [1.29, 1.82) is 0 Å². The third-order valence-electron chi connectivity index (χ3n) is 4.54. The van der Waals surface area contributed by atoms with Crippen LogP contribution in [0, 0.1) is 0 Å². The van der Waals surface area contributed by atoms with Crippen molar-refractivity contribution in [2.75, 3.05) is 27.4 Å². The lowest BCUT2D eigenvalue weighted by atomic mass is 9.94.